The first-order chi connectivity index (χ1) is 31.6. The van der Waals surface area contributed by atoms with Crippen LogP contribution in [0.1, 0.15) is 54.1 Å². The summed E-state index contributed by atoms with van der Waals surface area (Å²) in [7, 11) is 0. The molecule has 0 saturated heterocycles. The molecule has 9 aromatic rings. The van der Waals surface area contributed by atoms with Crippen LogP contribution in [0.2, 0.25) is 0 Å². The molecule has 0 aromatic heterocycles. The van der Waals surface area contributed by atoms with Crippen LogP contribution in [0, 0.1) is 0 Å². The van der Waals surface area contributed by atoms with Crippen molar-refractivity contribution in [2.24, 2.45) is 0 Å². The summed E-state index contributed by atoms with van der Waals surface area (Å²) >= 11 is 0. The minimum Gasteiger partial charge on any atom is -0.310 e. The van der Waals surface area contributed by atoms with Crippen molar-refractivity contribution in [3.05, 3.63) is 252 Å². The quantitative estimate of drug-likeness (QED) is 0.166. The molecule has 12 rings (SSSR count). The van der Waals surface area contributed by atoms with Crippen molar-refractivity contribution >= 4 is 34.1 Å². The van der Waals surface area contributed by atoms with Gasteiger partial charge in [-0.05, 0) is 140 Å². The van der Waals surface area contributed by atoms with Crippen molar-refractivity contribution in [1.29, 1.82) is 0 Å². The van der Waals surface area contributed by atoms with E-state index >= 15 is 0 Å². The summed E-state index contributed by atoms with van der Waals surface area (Å²) in [6, 6.07) is 64.9. The molecule has 2 nitrogen and oxygen atoms in total. The van der Waals surface area contributed by atoms with Gasteiger partial charge in [-0.25, -0.2) is 0 Å². The molecular formula is C58H42N2. The lowest BCUT2D eigenvalue weighted by Crippen LogP contribution is -2.26. The third-order valence-corrected chi connectivity index (χ3v) is 13.1. The Hall–Kier alpha value is -7.42. The maximum atomic E-state index is 9.16. The Labute approximate surface area is 359 Å². The van der Waals surface area contributed by atoms with Gasteiger partial charge in [-0.2, -0.15) is 0 Å². The van der Waals surface area contributed by atoms with Gasteiger partial charge in [-0.3, -0.25) is 0 Å². The summed E-state index contributed by atoms with van der Waals surface area (Å²) in [4.78, 5) is 4.19. The van der Waals surface area contributed by atoms with E-state index in [1.54, 1.807) is 0 Å². The number of rotatable bonds is 6. The lowest BCUT2D eigenvalue weighted by atomic mass is 9.70. The number of hydrogen-bond donors (Lipinski definition) is 0. The molecule has 1 atom stereocenters. The topological polar surface area (TPSA) is 6.48 Å². The first-order valence-electron chi connectivity index (χ1n) is 23.1. The van der Waals surface area contributed by atoms with Crippen LogP contribution in [0.5, 0.6) is 0 Å². The first kappa shape index (κ1) is 29.7. The van der Waals surface area contributed by atoms with E-state index in [2.05, 4.69) is 170 Å². The van der Waals surface area contributed by atoms with Crippen molar-refractivity contribution in [2.75, 3.05) is 9.80 Å². The van der Waals surface area contributed by atoms with Crippen molar-refractivity contribution in [3.63, 3.8) is 0 Å². The second-order valence-corrected chi connectivity index (χ2v) is 16.5. The van der Waals surface area contributed by atoms with Crippen molar-refractivity contribution < 1.29 is 6.85 Å². The third kappa shape index (κ3) is 4.82. The fourth-order valence-corrected chi connectivity index (χ4v) is 10.6. The van der Waals surface area contributed by atoms with Crippen molar-refractivity contribution in [3.8, 4) is 33.4 Å². The van der Waals surface area contributed by atoms with Crippen molar-refractivity contribution in [2.45, 2.75) is 24.7 Å². The largest absolute Gasteiger partial charge is 0.310 e. The minimum absolute atomic E-state index is 0.0973. The summed E-state index contributed by atoms with van der Waals surface area (Å²) < 4.78 is 44.1. The Morgan fingerprint density at radius 3 is 1.27 bits per heavy atom. The van der Waals surface area contributed by atoms with E-state index in [-0.39, 0.29) is 35.3 Å². The predicted molar refractivity (Wildman–Crippen MR) is 250 cm³/mol. The molecule has 0 radical (unpaired) electrons. The van der Waals surface area contributed by atoms with Crippen LogP contribution in [0.3, 0.4) is 0 Å². The molecule has 0 fully saturated rings. The van der Waals surface area contributed by atoms with Crippen LogP contribution in [-0.4, -0.2) is 0 Å². The van der Waals surface area contributed by atoms with E-state index in [0.717, 1.165) is 50.4 Å². The molecule has 0 N–H and O–H groups in total. The second-order valence-electron chi connectivity index (χ2n) is 16.5. The number of benzene rings is 9. The highest BCUT2D eigenvalue weighted by Gasteiger charge is 2.52. The number of nitrogens with zero attached hydrogens (tertiary/aromatic N) is 2. The molecule has 2 heteroatoms. The zero-order chi connectivity index (χ0) is 44.4. The van der Waals surface area contributed by atoms with Crippen LogP contribution in [0.4, 0.5) is 34.1 Å². The summed E-state index contributed by atoms with van der Waals surface area (Å²) in [5, 5.41) is 0. The Bertz CT molecular complexity index is 3400. The monoisotopic (exact) mass is 771 g/mol. The summed E-state index contributed by atoms with van der Waals surface area (Å²) in [5.41, 5.74) is 18.0. The summed E-state index contributed by atoms with van der Waals surface area (Å²) in [5.74, 6) is 0. The van der Waals surface area contributed by atoms with Crippen LogP contribution in [-0.2, 0) is 10.8 Å². The van der Waals surface area contributed by atoms with Gasteiger partial charge in [0.1, 0.15) is 0 Å². The zero-order valence-corrected chi connectivity index (χ0v) is 33.3. The number of hydrogen-bond acceptors (Lipinski definition) is 2. The number of para-hydroxylation sites is 3. The Morgan fingerprint density at radius 1 is 0.317 bits per heavy atom. The summed E-state index contributed by atoms with van der Waals surface area (Å²) in [6.45, 7) is 4.63. The molecule has 0 bridgehead atoms. The maximum absolute atomic E-state index is 9.16. The van der Waals surface area contributed by atoms with Gasteiger partial charge >= 0.3 is 0 Å². The van der Waals surface area contributed by atoms with Crippen LogP contribution >= 0.6 is 0 Å². The van der Waals surface area contributed by atoms with Crippen LogP contribution in [0.15, 0.2) is 218 Å². The Balaban J connectivity index is 1.12. The molecule has 1 spiro atoms. The fourth-order valence-electron chi connectivity index (χ4n) is 10.6. The predicted octanol–water partition coefficient (Wildman–Crippen LogP) is 15.3. The summed E-state index contributed by atoms with van der Waals surface area (Å²) in [6.07, 6.45) is 0. The first-order valence-corrected chi connectivity index (χ1v) is 20.6. The van der Waals surface area contributed by atoms with Gasteiger partial charge in [0.15, 0.2) is 0 Å². The van der Waals surface area contributed by atoms with Gasteiger partial charge in [0, 0.05) is 39.5 Å². The van der Waals surface area contributed by atoms with E-state index < -0.39 is 11.5 Å². The average molecular weight is 772 g/mol. The molecule has 284 valence electrons. The third-order valence-electron chi connectivity index (χ3n) is 13.1. The zero-order valence-electron chi connectivity index (χ0n) is 38.3. The fraction of sp³-hybridized carbons (Fsp3) is 0.0690. The van der Waals surface area contributed by atoms with E-state index in [1.807, 2.05) is 41.3 Å². The second kappa shape index (κ2) is 13.0. The minimum atomic E-state index is -0.755. The SMILES string of the molecule is [2H]c1c([2H])c([2H])c(N(c2ccccc2)c2ccc3c(c2)C2(c4ccccc4-c4ccc(N(c5ccccc5)c5ccc6c(c5)-c5ccccc5C6(C)C)cc42)c2ccccc2-3)c([2H])c1[2H]. The Morgan fingerprint density at radius 2 is 0.717 bits per heavy atom. The average Bonchev–Trinajstić information content (AvgIpc) is 3.90. The molecule has 0 aliphatic heterocycles. The smallest absolute Gasteiger partial charge is 0.0727 e. The molecule has 0 saturated carbocycles. The molecule has 3 aliphatic rings. The Kier molecular flexibility index (Phi) is 6.47. The molecule has 3 aliphatic carbocycles. The van der Waals surface area contributed by atoms with Gasteiger partial charge < -0.3 is 9.80 Å². The highest BCUT2D eigenvalue weighted by Crippen LogP contribution is 2.64. The van der Waals surface area contributed by atoms with Gasteiger partial charge in [-0.1, -0.05) is 159 Å². The lowest BCUT2D eigenvalue weighted by Gasteiger charge is -2.33. The van der Waals surface area contributed by atoms with E-state index in [1.165, 1.54) is 33.4 Å². The maximum Gasteiger partial charge on any atom is 0.0727 e. The van der Waals surface area contributed by atoms with Gasteiger partial charge in [-0.15, -0.1) is 0 Å². The lowest BCUT2D eigenvalue weighted by molar-refractivity contribution is 0.660. The molecule has 60 heavy (non-hydrogen) atoms. The number of fused-ring (bicyclic) bond motifs is 13. The van der Waals surface area contributed by atoms with Crippen LogP contribution in [0.25, 0.3) is 33.4 Å². The van der Waals surface area contributed by atoms with Gasteiger partial charge in [0.05, 0.1) is 12.3 Å². The van der Waals surface area contributed by atoms with E-state index in [0.29, 0.717) is 11.4 Å². The molecular weight excluding hydrogens is 725 g/mol. The molecule has 1 unspecified atom stereocenters. The standard InChI is InChI=1S/C58H42N2/c1-57(2)51-27-15-12-26-47(51)50-36-42(32-35-52(50)57)60(41-22-10-5-11-23-41)44-31-34-49-46-25-14-17-29-54(46)58(56(49)38-44)53-28-16-13-24-45(53)48-33-30-43(37-55(48)58)59(39-18-6-3-7-19-39)40-20-8-4-9-21-40/h3-38H,1-2H3/i3D,6D,7D,18D,19D. The molecule has 9 aromatic carbocycles. The van der Waals surface area contributed by atoms with E-state index in [9.17, 15) is 0 Å². The van der Waals surface area contributed by atoms with Crippen molar-refractivity contribution in [1.82, 2.24) is 0 Å². The normalized spacial score (nSPS) is 16.9. The van der Waals surface area contributed by atoms with Gasteiger partial charge in [0.25, 0.3) is 0 Å². The molecule has 0 amide bonds. The van der Waals surface area contributed by atoms with Crippen LogP contribution < -0.4 is 9.80 Å². The highest BCUT2D eigenvalue weighted by atomic mass is 15.1. The van der Waals surface area contributed by atoms with Gasteiger partial charge in [0.2, 0.25) is 0 Å². The highest BCUT2D eigenvalue weighted by molar-refractivity contribution is 5.98. The molecule has 0 heterocycles. The van der Waals surface area contributed by atoms with E-state index in [4.69, 9.17) is 6.85 Å². The number of anilines is 6.